The Labute approximate surface area is 197 Å². The van der Waals surface area contributed by atoms with E-state index < -0.39 is 0 Å². The summed E-state index contributed by atoms with van der Waals surface area (Å²) in [6, 6.07) is 8.30. The van der Waals surface area contributed by atoms with Crippen LogP contribution in [-0.4, -0.2) is 116 Å². The predicted octanol–water partition coefficient (Wildman–Crippen LogP) is 2.19. The molecule has 0 N–H and O–H groups in total. The summed E-state index contributed by atoms with van der Waals surface area (Å²) in [7, 11) is 0. The van der Waals surface area contributed by atoms with Crippen LogP contribution >= 0.6 is 0 Å². The number of hydrogen-bond acceptors (Lipinski definition) is 6. The van der Waals surface area contributed by atoms with Crippen LogP contribution in [0.1, 0.15) is 36.5 Å². The van der Waals surface area contributed by atoms with Gasteiger partial charge in [-0.15, -0.1) is 0 Å². The number of likely N-dealkylation sites (tertiary alicyclic amines) is 1. The summed E-state index contributed by atoms with van der Waals surface area (Å²) in [6.45, 7) is 11.0. The Morgan fingerprint density at radius 3 is 2.33 bits per heavy atom. The van der Waals surface area contributed by atoms with Crippen LogP contribution < -0.4 is 4.74 Å². The zero-order chi connectivity index (χ0) is 23.0. The van der Waals surface area contributed by atoms with Crippen molar-refractivity contribution in [3.05, 3.63) is 29.8 Å². The van der Waals surface area contributed by atoms with Gasteiger partial charge >= 0.3 is 6.03 Å². The lowest BCUT2D eigenvalue weighted by atomic mass is 10.1. The van der Waals surface area contributed by atoms with Crippen molar-refractivity contribution in [2.75, 3.05) is 78.7 Å². The van der Waals surface area contributed by atoms with E-state index in [2.05, 4.69) is 16.7 Å². The maximum Gasteiger partial charge on any atom is 0.320 e. The number of carbonyl (C=O) groups excluding carboxylic acids is 2. The first-order valence-electron chi connectivity index (χ1n) is 12.4. The minimum absolute atomic E-state index is 0.0924. The van der Waals surface area contributed by atoms with E-state index in [1.54, 1.807) is 0 Å². The number of hydrogen-bond donors (Lipinski definition) is 0. The molecule has 182 valence electrons. The van der Waals surface area contributed by atoms with Gasteiger partial charge in [0.15, 0.2) is 5.78 Å². The van der Waals surface area contributed by atoms with Gasteiger partial charge in [-0.25, -0.2) is 4.79 Å². The minimum Gasteiger partial charge on any atom is -0.494 e. The topological polar surface area (TPSA) is 65.6 Å². The molecule has 0 aromatic heterocycles. The van der Waals surface area contributed by atoms with E-state index in [1.165, 1.54) is 19.4 Å². The third-order valence-corrected chi connectivity index (χ3v) is 7.02. The van der Waals surface area contributed by atoms with Gasteiger partial charge in [0.25, 0.3) is 0 Å². The van der Waals surface area contributed by atoms with Gasteiger partial charge in [0, 0.05) is 57.4 Å². The van der Waals surface area contributed by atoms with E-state index in [-0.39, 0.29) is 11.8 Å². The maximum atomic E-state index is 12.7. The van der Waals surface area contributed by atoms with Crippen molar-refractivity contribution in [2.24, 2.45) is 0 Å². The van der Waals surface area contributed by atoms with Crippen LogP contribution in [0.25, 0.3) is 0 Å². The lowest BCUT2D eigenvalue weighted by Crippen LogP contribution is -2.55. The van der Waals surface area contributed by atoms with Gasteiger partial charge in [-0.1, -0.05) is 0 Å². The molecule has 0 aliphatic carbocycles. The van der Waals surface area contributed by atoms with Crippen LogP contribution in [0.4, 0.5) is 4.79 Å². The first kappa shape index (κ1) is 24.0. The first-order chi connectivity index (χ1) is 16.1. The molecular formula is C25H38N4O4. The lowest BCUT2D eigenvalue weighted by Gasteiger charge is -2.38. The van der Waals surface area contributed by atoms with Crippen LogP contribution in [-0.2, 0) is 4.74 Å². The fourth-order valence-corrected chi connectivity index (χ4v) is 4.87. The van der Waals surface area contributed by atoms with Crippen LogP contribution in [0.3, 0.4) is 0 Å². The number of urea groups is 1. The number of rotatable bonds is 8. The molecule has 2 amide bonds. The van der Waals surface area contributed by atoms with Gasteiger partial charge in [0.2, 0.25) is 0 Å². The van der Waals surface area contributed by atoms with E-state index in [1.807, 2.05) is 34.1 Å². The SMILES string of the molecule is C[C@@H]1CCCN1CCCOc1ccc(C(=O)CN2CCN(C(=O)N3CCOCC3)CC2)cc1. The highest BCUT2D eigenvalue weighted by molar-refractivity contribution is 5.97. The van der Waals surface area contributed by atoms with Crippen molar-refractivity contribution in [3.63, 3.8) is 0 Å². The van der Waals surface area contributed by atoms with Gasteiger partial charge in [-0.2, -0.15) is 0 Å². The van der Waals surface area contributed by atoms with E-state index in [4.69, 9.17) is 9.47 Å². The second-order valence-electron chi connectivity index (χ2n) is 9.32. The summed E-state index contributed by atoms with van der Waals surface area (Å²) in [5, 5.41) is 0. The van der Waals surface area contributed by atoms with Crippen LogP contribution in [0.2, 0.25) is 0 Å². The standard InChI is InChI=1S/C25H38N4O4/c1-21-4-2-9-27(21)10-3-17-33-23-7-5-22(6-8-23)24(30)20-26-11-13-28(14-12-26)25(31)29-15-18-32-19-16-29/h5-8,21H,2-4,9-20H2,1H3/t21-/m1/s1. The van der Waals surface area contributed by atoms with E-state index >= 15 is 0 Å². The molecule has 8 heteroatoms. The smallest absolute Gasteiger partial charge is 0.320 e. The molecule has 3 fully saturated rings. The second-order valence-corrected chi connectivity index (χ2v) is 9.32. The van der Waals surface area contributed by atoms with Crippen LogP contribution in [0.5, 0.6) is 5.75 Å². The van der Waals surface area contributed by atoms with Crippen molar-refractivity contribution in [3.8, 4) is 5.75 Å². The van der Waals surface area contributed by atoms with E-state index in [0.29, 0.717) is 64.1 Å². The molecule has 0 radical (unpaired) electrons. The Kier molecular flexibility index (Phi) is 8.58. The molecule has 0 bridgehead atoms. The van der Waals surface area contributed by atoms with Crippen molar-refractivity contribution in [1.29, 1.82) is 0 Å². The summed E-state index contributed by atoms with van der Waals surface area (Å²) in [5.41, 5.74) is 0.708. The van der Waals surface area contributed by atoms with Crippen LogP contribution in [0.15, 0.2) is 24.3 Å². The van der Waals surface area contributed by atoms with Gasteiger partial charge < -0.3 is 24.2 Å². The quantitative estimate of drug-likeness (QED) is 0.440. The highest BCUT2D eigenvalue weighted by Crippen LogP contribution is 2.17. The highest BCUT2D eigenvalue weighted by Gasteiger charge is 2.27. The number of Topliss-reactive ketones (excluding diaryl/α,β-unsaturated/α-hetero) is 1. The molecule has 33 heavy (non-hydrogen) atoms. The van der Waals surface area contributed by atoms with Gasteiger partial charge in [0.1, 0.15) is 5.75 Å². The van der Waals surface area contributed by atoms with Crippen molar-refractivity contribution in [1.82, 2.24) is 19.6 Å². The summed E-state index contributed by atoms with van der Waals surface area (Å²) in [6.07, 6.45) is 3.63. The molecule has 3 aliphatic heterocycles. The summed E-state index contributed by atoms with van der Waals surface area (Å²) >= 11 is 0. The number of carbonyl (C=O) groups is 2. The number of ether oxygens (including phenoxy) is 2. The fraction of sp³-hybridized carbons (Fsp3) is 0.680. The number of morpholine rings is 1. The number of amides is 2. The zero-order valence-electron chi connectivity index (χ0n) is 19.9. The monoisotopic (exact) mass is 458 g/mol. The first-order valence-corrected chi connectivity index (χ1v) is 12.4. The van der Waals surface area contributed by atoms with Gasteiger partial charge in [0.05, 0.1) is 26.4 Å². The molecule has 4 rings (SSSR count). The maximum absolute atomic E-state index is 12.7. The minimum atomic E-state index is 0.0924. The van der Waals surface area contributed by atoms with Gasteiger partial charge in [-0.05, 0) is 57.0 Å². The van der Waals surface area contributed by atoms with Crippen molar-refractivity contribution >= 4 is 11.8 Å². The Hall–Kier alpha value is -2.16. The third-order valence-electron chi connectivity index (χ3n) is 7.02. The molecule has 3 heterocycles. The largest absolute Gasteiger partial charge is 0.494 e. The molecule has 0 unspecified atom stereocenters. The molecule has 3 saturated heterocycles. The number of nitrogens with zero attached hydrogens (tertiary/aromatic N) is 4. The molecule has 3 aliphatic rings. The predicted molar refractivity (Wildman–Crippen MR) is 127 cm³/mol. The Balaban J connectivity index is 1.15. The normalized spacial score (nSPS) is 22.5. The Morgan fingerprint density at radius 2 is 1.67 bits per heavy atom. The lowest BCUT2D eigenvalue weighted by molar-refractivity contribution is 0.0376. The highest BCUT2D eigenvalue weighted by atomic mass is 16.5. The molecule has 1 atom stereocenters. The van der Waals surface area contributed by atoms with Crippen molar-refractivity contribution in [2.45, 2.75) is 32.2 Å². The average Bonchev–Trinajstić information content (AvgIpc) is 3.27. The Bertz CT molecular complexity index is 773. The third kappa shape index (κ3) is 6.68. The van der Waals surface area contributed by atoms with Gasteiger partial charge in [-0.3, -0.25) is 9.69 Å². The molecule has 1 aromatic carbocycles. The molecule has 0 saturated carbocycles. The van der Waals surface area contributed by atoms with Crippen LogP contribution in [0, 0.1) is 0 Å². The molecule has 8 nitrogen and oxygen atoms in total. The summed E-state index contributed by atoms with van der Waals surface area (Å²) < 4.78 is 11.2. The van der Waals surface area contributed by atoms with Crippen molar-refractivity contribution < 1.29 is 19.1 Å². The second kappa shape index (κ2) is 11.8. The summed E-state index contributed by atoms with van der Waals surface area (Å²) in [4.78, 5) is 33.8. The number of piperazine rings is 1. The average molecular weight is 459 g/mol. The van der Waals surface area contributed by atoms with E-state index in [9.17, 15) is 9.59 Å². The molecule has 0 spiro atoms. The summed E-state index contributed by atoms with van der Waals surface area (Å²) in [5.74, 6) is 0.925. The Morgan fingerprint density at radius 1 is 0.970 bits per heavy atom. The molecule has 1 aromatic rings. The number of ketones is 1. The molecular weight excluding hydrogens is 420 g/mol. The fourth-order valence-electron chi connectivity index (χ4n) is 4.87. The zero-order valence-corrected chi connectivity index (χ0v) is 19.9. The van der Waals surface area contributed by atoms with E-state index in [0.717, 1.165) is 31.8 Å². The number of benzene rings is 1.